The summed E-state index contributed by atoms with van der Waals surface area (Å²) in [6.07, 6.45) is 7.28. The summed E-state index contributed by atoms with van der Waals surface area (Å²) in [6.45, 7) is 2.13. The van der Waals surface area contributed by atoms with Crippen LogP contribution in [0.15, 0.2) is 77.8 Å². The van der Waals surface area contributed by atoms with Crippen LogP contribution in [0.4, 0.5) is 0 Å². The number of hydrogen-bond donors (Lipinski definition) is 0. The predicted octanol–water partition coefficient (Wildman–Crippen LogP) is 4.78. The second kappa shape index (κ2) is 6.01. The molecule has 0 nitrogen and oxygen atoms in total. The smallest absolute Gasteiger partial charge is 0.0961 e. The Hall–Kier alpha value is -2.28. The maximum absolute atomic E-state index is 6.17. The molecular formula is C20H17B. The van der Waals surface area contributed by atoms with E-state index in [1.807, 2.05) is 6.07 Å². The predicted molar refractivity (Wildman–Crippen MR) is 92.1 cm³/mol. The van der Waals surface area contributed by atoms with Crippen molar-refractivity contribution in [2.75, 3.05) is 0 Å². The molecule has 0 saturated heterocycles. The molecule has 2 aromatic carbocycles. The first-order valence-electron chi connectivity index (χ1n) is 7.22. The summed E-state index contributed by atoms with van der Waals surface area (Å²) < 4.78 is 0. The summed E-state index contributed by atoms with van der Waals surface area (Å²) in [4.78, 5) is 0. The minimum absolute atomic E-state index is 0.801. The van der Waals surface area contributed by atoms with Gasteiger partial charge in [-0.2, -0.15) is 0 Å². The third kappa shape index (κ3) is 3.25. The van der Waals surface area contributed by atoms with Gasteiger partial charge in [-0.3, -0.25) is 0 Å². The largest absolute Gasteiger partial charge is 0.113 e. The molecule has 100 valence electrons. The van der Waals surface area contributed by atoms with Crippen LogP contribution in [0.1, 0.15) is 23.6 Å². The molecule has 3 rings (SSSR count). The van der Waals surface area contributed by atoms with Crippen molar-refractivity contribution in [2.45, 2.75) is 13.3 Å². The topological polar surface area (TPSA) is 0 Å². The van der Waals surface area contributed by atoms with Crippen LogP contribution in [0, 0.1) is 0 Å². The lowest BCUT2D eigenvalue weighted by Gasteiger charge is -2.07. The molecule has 0 spiro atoms. The van der Waals surface area contributed by atoms with Crippen LogP contribution in [0.25, 0.3) is 11.6 Å². The zero-order valence-electron chi connectivity index (χ0n) is 12.2. The van der Waals surface area contributed by atoms with Gasteiger partial charge >= 0.3 is 0 Å². The highest BCUT2D eigenvalue weighted by Gasteiger charge is 2.06. The first-order valence-corrected chi connectivity index (χ1v) is 7.22. The van der Waals surface area contributed by atoms with Crippen LogP contribution >= 0.6 is 0 Å². The Kier molecular flexibility index (Phi) is 3.92. The highest BCUT2D eigenvalue weighted by Crippen LogP contribution is 2.25. The van der Waals surface area contributed by atoms with E-state index < -0.39 is 0 Å². The van der Waals surface area contributed by atoms with Crippen molar-refractivity contribution in [1.82, 2.24) is 0 Å². The van der Waals surface area contributed by atoms with Crippen molar-refractivity contribution in [2.24, 2.45) is 0 Å². The Labute approximate surface area is 127 Å². The fourth-order valence-electron chi connectivity index (χ4n) is 2.70. The summed E-state index contributed by atoms with van der Waals surface area (Å²) in [5, 5.41) is 0. The molecule has 2 aromatic rings. The molecule has 0 aromatic heterocycles. The van der Waals surface area contributed by atoms with Crippen molar-refractivity contribution in [3.63, 3.8) is 0 Å². The summed E-state index contributed by atoms with van der Waals surface area (Å²) in [6, 6.07) is 18.9. The lowest BCUT2D eigenvalue weighted by atomic mass is 9.89. The van der Waals surface area contributed by atoms with Crippen molar-refractivity contribution >= 4 is 19.5 Å². The molecule has 0 N–H and O–H groups in total. The van der Waals surface area contributed by atoms with Crippen LogP contribution in [-0.4, -0.2) is 7.85 Å². The molecule has 1 aliphatic rings. The van der Waals surface area contributed by atoms with Gasteiger partial charge in [0.05, 0.1) is 0 Å². The highest BCUT2D eigenvalue weighted by molar-refractivity contribution is 6.24. The van der Waals surface area contributed by atoms with Gasteiger partial charge in [0.15, 0.2) is 0 Å². The molecular weight excluding hydrogens is 251 g/mol. The highest BCUT2D eigenvalue weighted by atomic mass is 14.1. The van der Waals surface area contributed by atoms with Gasteiger partial charge in [0, 0.05) is 0 Å². The lowest BCUT2D eigenvalue weighted by Crippen LogP contribution is -1.91. The van der Waals surface area contributed by atoms with Gasteiger partial charge in [0.1, 0.15) is 7.85 Å². The van der Waals surface area contributed by atoms with E-state index in [0.29, 0.717) is 0 Å². The molecule has 0 unspecified atom stereocenters. The van der Waals surface area contributed by atoms with Gasteiger partial charge in [-0.15, -0.1) is 0 Å². The Morgan fingerprint density at radius 2 is 1.52 bits per heavy atom. The average molecular weight is 268 g/mol. The van der Waals surface area contributed by atoms with Crippen molar-refractivity contribution in [3.05, 3.63) is 94.5 Å². The number of benzene rings is 2. The summed E-state index contributed by atoms with van der Waals surface area (Å²) in [5.74, 6) is 0. The van der Waals surface area contributed by atoms with E-state index in [-0.39, 0.29) is 0 Å². The zero-order valence-corrected chi connectivity index (χ0v) is 12.2. The van der Waals surface area contributed by atoms with Crippen LogP contribution in [0.5, 0.6) is 0 Å². The first kappa shape index (κ1) is 13.7. The maximum Gasteiger partial charge on any atom is 0.113 e. The van der Waals surface area contributed by atoms with Gasteiger partial charge in [0.2, 0.25) is 0 Å². The monoisotopic (exact) mass is 268 g/mol. The number of allylic oxidation sites excluding steroid dienone is 5. The van der Waals surface area contributed by atoms with Gasteiger partial charge in [-0.1, -0.05) is 77.8 Å². The van der Waals surface area contributed by atoms with E-state index in [1.165, 1.54) is 22.3 Å². The van der Waals surface area contributed by atoms with E-state index in [1.54, 1.807) is 0 Å². The second-order valence-corrected chi connectivity index (χ2v) is 5.48. The van der Waals surface area contributed by atoms with E-state index >= 15 is 0 Å². The average Bonchev–Trinajstić information content (AvgIpc) is 2.54. The van der Waals surface area contributed by atoms with E-state index in [9.17, 15) is 0 Å². The van der Waals surface area contributed by atoms with Crippen molar-refractivity contribution in [3.8, 4) is 0 Å². The molecule has 21 heavy (non-hydrogen) atoms. The quantitative estimate of drug-likeness (QED) is 0.653. The number of hydrogen-bond acceptors (Lipinski definition) is 0. The van der Waals surface area contributed by atoms with Crippen LogP contribution in [0.3, 0.4) is 0 Å². The molecule has 0 atom stereocenters. The third-order valence-electron chi connectivity index (χ3n) is 3.68. The Balaban J connectivity index is 2.20. The minimum Gasteiger partial charge on any atom is -0.0961 e. The van der Waals surface area contributed by atoms with Crippen LogP contribution in [0.2, 0.25) is 0 Å². The Morgan fingerprint density at radius 1 is 0.810 bits per heavy atom. The molecule has 0 heterocycles. The summed E-state index contributed by atoms with van der Waals surface area (Å²) in [5.41, 5.74) is 7.00. The number of fused-ring (bicyclic) bond motifs is 1. The molecule has 0 amide bonds. The van der Waals surface area contributed by atoms with Gasteiger partial charge < -0.3 is 0 Å². The summed E-state index contributed by atoms with van der Waals surface area (Å²) in [7, 11) is 6.17. The second-order valence-electron chi connectivity index (χ2n) is 5.48. The number of rotatable bonds is 1. The molecule has 0 aliphatic heterocycles. The van der Waals surface area contributed by atoms with Gasteiger partial charge in [0.25, 0.3) is 0 Å². The van der Waals surface area contributed by atoms with Crippen LogP contribution in [-0.2, 0) is 6.42 Å². The van der Waals surface area contributed by atoms with Crippen molar-refractivity contribution < 1.29 is 0 Å². The standard InChI is InChI=1S/C20H17B/c1-15-11-17-9-5-6-10-18(17)13-19(14-20(21)12-15)16-7-3-2-4-8-16/h2-10,12-14H,11H2,1H3/b15-12?,19-13-,20-14?. The summed E-state index contributed by atoms with van der Waals surface area (Å²) >= 11 is 0. The van der Waals surface area contributed by atoms with E-state index in [0.717, 1.165) is 17.5 Å². The fourth-order valence-corrected chi connectivity index (χ4v) is 2.70. The van der Waals surface area contributed by atoms with Crippen molar-refractivity contribution in [1.29, 1.82) is 0 Å². The van der Waals surface area contributed by atoms with Crippen LogP contribution < -0.4 is 0 Å². The first-order chi connectivity index (χ1) is 10.2. The molecule has 1 heteroatoms. The van der Waals surface area contributed by atoms with Gasteiger partial charge in [-0.25, -0.2) is 0 Å². The Bertz CT molecular complexity index is 733. The molecule has 0 fully saturated rings. The SMILES string of the molecule is [B]C1=C/C(c2ccccc2)=C/c2ccccc2CC(C)=C1. The van der Waals surface area contributed by atoms with E-state index in [4.69, 9.17) is 7.85 Å². The third-order valence-corrected chi connectivity index (χ3v) is 3.68. The fraction of sp³-hybridized carbons (Fsp3) is 0.100. The zero-order chi connectivity index (χ0) is 14.7. The molecule has 0 saturated carbocycles. The minimum atomic E-state index is 0.801. The lowest BCUT2D eigenvalue weighted by molar-refractivity contribution is 1.14. The van der Waals surface area contributed by atoms with E-state index in [2.05, 4.69) is 73.7 Å². The maximum atomic E-state index is 6.17. The normalized spacial score (nSPS) is 17.3. The molecule has 2 radical (unpaired) electrons. The molecule has 0 bridgehead atoms. The molecule has 1 aliphatic carbocycles. The van der Waals surface area contributed by atoms with Gasteiger partial charge in [-0.05, 0) is 41.7 Å². The Morgan fingerprint density at radius 3 is 2.33 bits per heavy atom.